The molecule has 0 bridgehead atoms. The summed E-state index contributed by atoms with van der Waals surface area (Å²) in [5, 5.41) is 0.619. The highest BCUT2D eigenvalue weighted by Crippen LogP contribution is 2.34. The summed E-state index contributed by atoms with van der Waals surface area (Å²) < 4.78 is 7.38. The van der Waals surface area contributed by atoms with Gasteiger partial charge in [-0.05, 0) is 67.6 Å². The van der Waals surface area contributed by atoms with Crippen molar-refractivity contribution in [2.75, 3.05) is 32.8 Å². The van der Waals surface area contributed by atoms with Gasteiger partial charge in [-0.25, -0.2) is 0 Å². The smallest absolute Gasteiger partial charge is 0.294 e. The van der Waals surface area contributed by atoms with Crippen LogP contribution in [0.4, 0.5) is 4.79 Å². The zero-order chi connectivity index (χ0) is 23.8. The first-order chi connectivity index (χ1) is 16.4. The molecule has 0 atom stereocenters. The van der Waals surface area contributed by atoms with Crippen LogP contribution in [-0.2, 0) is 14.3 Å². The molecule has 5 rings (SSSR count). The standard InChI is InChI=1S/C25H24N4O4S/c1-16-12-19(17(2)29(16)20-5-6-21-18(13-20)4-3-7-26-21)14-22-24(31)28(25(32)34-22)15-23(30)27-8-10-33-11-9-27/h3-7,12-14H,8-11,15H2,1-2H3. The fraction of sp³-hybridized carbons (Fsp3) is 0.280. The van der Waals surface area contributed by atoms with E-state index < -0.39 is 11.1 Å². The van der Waals surface area contributed by atoms with E-state index in [1.807, 2.05) is 44.2 Å². The van der Waals surface area contributed by atoms with E-state index in [-0.39, 0.29) is 12.5 Å². The Morgan fingerprint density at radius 1 is 1.15 bits per heavy atom. The number of carbonyl (C=O) groups excluding carboxylic acids is 3. The Morgan fingerprint density at radius 3 is 2.74 bits per heavy atom. The van der Waals surface area contributed by atoms with Gasteiger partial charge in [-0.2, -0.15) is 0 Å². The Morgan fingerprint density at radius 2 is 1.94 bits per heavy atom. The second-order valence-electron chi connectivity index (χ2n) is 8.30. The Balaban J connectivity index is 1.39. The molecule has 9 heteroatoms. The van der Waals surface area contributed by atoms with E-state index >= 15 is 0 Å². The van der Waals surface area contributed by atoms with Crippen molar-refractivity contribution in [1.82, 2.24) is 19.4 Å². The Kier molecular flexibility index (Phi) is 5.97. The van der Waals surface area contributed by atoms with Crippen molar-refractivity contribution >= 4 is 45.8 Å². The molecule has 0 N–H and O–H groups in total. The van der Waals surface area contributed by atoms with E-state index in [9.17, 15) is 14.4 Å². The fourth-order valence-corrected chi connectivity index (χ4v) is 5.19. The molecule has 34 heavy (non-hydrogen) atoms. The van der Waals surface area contributed by atoms with Gasteiger partial charge in [0.2, 0.25) is 5.91 Å². The van der Waals surface area contributed by atoms with Gasteiger partial charge in [0.25, 0.3) is 11.1 Å². The number of benzene rings is 1. The molecule has 0 unspecified atom stereocenters. The average Bonchev–Trinajstić information content (AvgIpc) is 3.28. The zero-order valence-corrected chi connectivity index (χ0v) is 19.8. The molecule has 0 aliphatic carbocycles. The number of nitrogens with zero attached hydrogens (tertiary/aromatic N) is 4. The lowest BCUT2D eigenvalue weighted by atomic mass is 10.2. The second-order valence-corrected chi connectivity index (χ2v) is 9.30. The molecule has 174 valence electrons. The largest absolute Gasteiger partial charge is 0.378 e. The van der Waals surface area contributed by atoms with Crippen LogP contribution in [0.3, 0.4) is 0 Å². The van der Waals surface area contributed by atoms with E-state index in [0.717, 1.165) is 50.2 Å². The number of aromatic nitrogens is 2. The first kappa shape index (κ1) is 22.4. The number of aryl methyl sites for hydroxylation is 1. The molecule has 4 heterocycles. The highest BCUT2D eigenvalue weighted by atomic mass is 32.2. The van der Waals surface area contributed by atoms with Crippen LogP contribution in [0.2, 0.25) is 0 Å². The summed E-state index contributed by atoms with van der Waals surface area (Å²) in [4.78, 5) is 45.4. The molecule has 8 nitrogen and oxygen atoms in total. The van der Waals surface area contributed by atoms with Crippen LogP contribution < -0.4 is 0 Å². The Labute approximate surface area is 201 Å². The summed E-state index contributed by atoms with van der Waals surface area (Å²) in [5.74, 6) is -0.672. The topological polar surface area (TPSA) is 84.7 Å². The maximum Gasteiger partial charge on any atom is 0.294 e. The molecule has 3 amide bonds. The van der Waals surface area contributed by atoms with Crippen LogP contribution in [0.1, 0.15) is 17.0 Å². The highest BCUT2D eigenvalue weighted by molar-refractivity contribution is 8.18. The van der Waals surface area contributed by atoms with Gasteiger partial charge in [0, 0.05) is 41.7 Å². The third-order valence-corrected chi connectivity index (χ3v) is 7.04. The van der Waals surface area contributed by atoms with Crippen LogP contribution in [0, 0.1) is 13.8 Å². The van der Waals surface area contributed by atoms with E-state index in [1.54, 1.807) is 17.2 Å². The molecule has 1 aromatic carbocycles. The van der Waals surface area contributed by atoms with Gasteiger partial charge >= 0.3 is 0 Å². The number of pyridine rings is 1. The molecular weight excluding hydrogens is 452 g/mol. The van der Waals surface area contributed by atoms with Gasteiger partial charge in [0.05, 0.1) is 23.6 Å². The quantitative estimate of drug-likeness (QED) is 0.536. The first-order valence-electron chi connectivity index (χ1n) is 11.1. The zero-order valence-electron chi connectivity index (χ0n) is 19.0. The van der Waals surface area contributed by atoms with Crippen molar-refractivity contribution in [3.8, 4) is 5.69 Å². The Bertz CT molecular complexity index is 1340. The van der Waals surface area contributed by atoms with Crippen molar-refractivity contribution < 1.29 is 19.1 Å². The first-order valence-corrected chi connectivity index (χ1v) is 11.9. The van der Waals surface area contributed by atoms with Crippen molar-refractivity contribution in [3.05, 3.63) is 64.5 Å². The summed E-state index contributed by atoms with van der Waals surface area (Å²) in [5.41, 5.74) is 4.74. The van der Waals surface area contributed by atoms with Gasteiger partial charge in [0.1, 0.15) is 6.54 Å². The van der Waals surface area contributed by atoms with E-state index in [0.29, 0.717) is 31.2 Å². The van der Waals surface area contributed by atoms with Gasteiger partial charge in [-0.1, -0.05) is 6.07 Å². The van der Waals surface area contributed by atoms with Gasteiger partial charge in [0.15, 0.2) is 0 Å². The summed E-state index contributed by atoms with van der Waals surface area (Å²) in [6.45, 7) is 5.63. The van der Waals surface area contributed by atoms with Crippen LogP contribution in [0.5, 0.6) is 0 Å². The molecule has 3 aromatic rings. The molecule has 2 fully saturated rings. The van der Waals surface area contributed by atoms with E-state index in [4.69, 9.17) is 4.74 Å². The molecule has 2 aromatic heterocycles. The van der Waals surface area contributed by atoms with Gasteiger partial charge < -0.3 is 14.2 Å². The molecule has 0 radical (unpaired) electrons. The number of ether oxygens (including phenoxy) is 1. The highest BCUT2D eigenvalue weighted by Gasteiger charge is 2.37. The predicted molar refractivity (Wildman–Crippen MR) is 131 cm³/mol. The molecule has 0 saturated carbocycles. The number of fused-ring (bicyclic) bond motifs is 1. The number of amides is 3. The number of carbonyl (C=O) groups is 3. The third kappa shape index (κ3) is 4.12. The number of thioether (sulfide) groups is 1. The lowest BCUT2D eigenvalue weighted by Crippen LogP contribution is -2.46. The predicted octanol–water partition coefficient (Wildman–Crippen LogP) is 3.54. The van der Waals surface area contributed by atoms with Crippen LogP contribution in [-0.4, -0.2) is 69.3 Å². The van der Waals surface area contributed by atoms with Crippen LogP contribution >= 0.6 is 11.8 Å². The second kappa shape index (κ2) is 9.08. The van der Waals surface area contributed by atoms with Crippen molar-refractivity contribution in [2.24, 2.45) is 0 Å². The lowest BCUT2D eigenvalue weighted by molar-refractivity contribution is -0.139. The minimum Gasteiger partial charge on any atom is -0.378 e. The minimum absolute atomic E-state index is 0.240. The third-order valence-electron chi connectivity index (χ3n) is 6.13. The number of hydrogen-bond acceptors (Lipinski definition) is 6. The number of rotatable bonds is 4. The summed E-state index contributed by atoms with van der Waals surface area (Å²) >= 11 is 0.872. The Hall–Kier alpha value is -3.43. The maximum absolute atomic E-state index is 13.0. The molecule has 2 aliphatic heterocycles. The van der Waals surface area contributed by atoms with E-state index in [2.05, 4.69) is 15.6 Å². The number of imide groups is 1. The minimum atomic E-state index is -0.432. The fourth-order valence-electron chi connectivity index (χ4n) is 4.36. The molecular formula is C25H24N4O4S. The lowest BCUT2D eigenvalue weighted by Gasteiger charge is -2.28. The molecule has 2 aliphatic rings. The number of morpholine rings is 1. The van der Waals surface area contributed by atoms with Crippen LogP contribution in [0.15, 0.2) is 47.5 Å². The summed E-state index contributed by atoms with van der Waals surface area (Å²) in [6.07, 6.45) is 3.51. The van der Waals surface area contributed by atoms with E-state index in [1.165, 1.54) is 0 Å². The number of hydrogen-bond donors (Lipinski definition) is 0. The summed E-state index contributed by atoms with van der Waals surface area (Å²) in [7, 11) is 0. The SMILES string of the molecule is Cc1cc(C=C2SC(=O)N(CC(=O)N3CCOCC3)C2=O)c(C)n1-c1ccc2ncccc2c1. The van der Waals surface area contributed by atoms with Crippen LogP contribution in [0.25, 0.3) is 22.7 Å². The van der Waals surface area contributed by atoms with Crippen molar-refractivity contribution in [3.63, 3.8) is 0 Å². The monoisotopic (exact) mass is 476 g/mol. The van der Waals surface area contributed by atoms with Crippen molar-refractivity contribution in [1.29, 1.82) is 0 Å². The summed E-state index contributed by atoms with van der Waals surface area (Å²) in [6, 6.07) is 12.0. The van der Waals surface area contributed by atoms with Gasteiger partial charge in [-0.3, -0.25) is 24.3 Å². The molecule has 2 saturated heterocycles. The van der Waals surface area contributed by atoms with Crippen molar-refractivity contribution in [2.45, 2.75) is 13.8 Å². The molecule has 0 spiro atoms. The normalized spacial score (nSPS) is 17.9. The van der Waals surface area contributed by atoms with Gasteiger partial charge in [-0.15, -0.1) is 0 Å². The average molecular weight is 477 g/mol. The maximum atomic E-state index is 13.0.